The Bertz CT molecular complexity index is 680. The fourth-order valence-electron chi connectivity index (χ4n) is 2.28. The van der Waals surface area contributed by atoms with Crippen molar-refractivity contribution in [2.24, 2.45) is 0 Å². The van der Waals surface area contributed by atoms with Gasteiger partial charge in [-0.25, -0.2) is 4.79 Å². The molecular formula is C18H21NO3. The Labute approximate surface area is 131 Å². The first-order valence-corrected chi connectivity index (χ1v) is 7.14. The van der Waals surface area contributed by atoms with Crippen LogP contribution < -0.4 is 10.1 Å². The standard InChI is InChI=1S/C18H21NO3/c1-12-8-9-17(14(3)10-12)22-11-15-13(2)6-5-7-16(15)19-18(20)21-4/h5-10H,11H2,1-4H3,(H,19,20). The minimum Gasteiger partial charge on any atom is -0.489 e. The van der Waals surface area contributed by atoms with Crippen molar-refractivity contribution in [3.05, 3.63) is 58.7 Å². The van der Waals surface area contributed by atoms with E-state index in [4.69, 9.17) is 4.74 Å². The molecule has 1 N–H and O–H groups in total. The van der Waals surface area contributed by atoms with Crippen molar-refractivity contribution in [2.75, 3.05) is 12.4 Å². The van der Waals surface area contributed by atoms with E-state index in [9.17, 15) is 4.79 Å². The van der Waals surface area contributed by atoms with Gasteiger partial charge in [-0.1, -0.05) is 29.8 Å². The van der Waals surface area contributed by atoms with Gasteiger partial charge in [0.2, 0.25) is 0 Å². The summed E-state index contributed by atoms with van der Waals surface area (Å²) in [5.41, 5.74) is 4.99. The fraction of sp³-hybridized carbons (Fsp3) is 0.278. The van der Waals surface area contributed by atoms with Crippen LogP contribution in [0.5, 0.6) is 5.75 Å². The van der Waals surface area contributed by atoms with Crippen LogP contribution in [0.4, 0.5) is 10.5 Å². The second kappa shape index (κ2) is 6.98. The summed E-state index contributed by atoms with van der Waals surface area (Å²) in [7, 11) is 1.34. The smallest absolute Gasteiger partial charge is 0.411 e. The molecule has 0 heterocycles. The zero-order valence-corrected chi connectivity index (χ0v) is 13.4. The molecule has 0 atom stereocenters. The van der Waals surface area contributed by atoms with Crippen molar-refractivity contribution in [3.63, 3.8) is 0 Å². The zero-order chi connectivity index (χ0) is 16.1. The number of benzene rings is 2. The van der Waals surface area contributed by atoms with Gasteiger partial charge in [0.25, 0.3) is 0 Å². The molecule has 2 aromatic rings. The molecule has 22 heavy (non-hydrogen) atoms. The van der Waals surface area contributed by atoms with Crippen LogP contribution in [0, 0.1) is 20.8 Å². The van der Waals surface area contributed by atoms with Gasteiger partial charge in [0.1, 0.15) is 12.4 Å². The molecule has 0 aliphatic heterocycles. The molecule has 0 spiro atoms. The second-order valence-corrected chi connectivity index (χ2v) is 5.28. The number of methoxy groups -OCH3 is 1. The summed E-state index contributed by atoms with van der Waals surface area (Å²) < 4.78 is 10.6. The number of anilines is 1. The lowest BCUT2D eigenvalue weighted by Gasteiger charge is -2.15. The number of hydrogen-bond acceptors (Lipinski definition) is 3. The summed E-state index contributed by atoms with van der Waals surface area (Å²) in [5.74, 6) is 0.845. The van der Waals surface area contributed by atoms with E-state index in [1.165, 1.54) is 12.7 Å². The summed E-state index contributed by atoms with van der Waals surface area (Å²) in [6, 6.07) is 11.8. The Morgan fingerprint density at radius 1 is 1.09 bits per heavy atom. The van der Waals surface area contributed by atoms with Gasteiger partial charge in [-0.15, -0.1) is 0 Å². The van der Waals surface area contributed by atoms with Gasteiger partial charge in [-0.05, 0) is 44.0 Å². The first kappa shape index (κ1) is 15.9. The number of carbonyl (C=O) groups is 1. The maximum Gasteiger partial charge on any atom is 0.411 e. The van der Waals surface area contributed by atoms with Crippen LogP contribution in [0.1, 0.15) is 22.3 Å². The molecule has 0 saturated heterocycles. The van der Waals surface area contributed by atoms with Crippen LogP contribution in [-0.4, -0.2) is 13.2 Å². The fourth-order valence-corrected chi connectivity index (χ4v) is 2.28. The predicted molar refractivity (Wildman–Crippen MR) is 87.5 cm³/mol. The van der Waals surface area contributed by atoms with Crippen LogP contribution in [0.15, 0.2) is 36.4 Å². The first-order chi connectivity index (χ1) is 10.5. The second-order valence-electron chi connectivity index (χ2n) is 5.28. The Morgan fingerprint density at radius 3 is 2.55 bits per heavy atom. The van der Waals surface area contributed by atoms with Gasteiger partial charge in [0.15, 0.2) is 0 Å². The SMILES string of the molecule is COC(=O)Nc1cccc(C)c1COc1ccc(C)cc1C. The third-order valence-electron chi connectivity index (χ3n) is 3.53. The van der Waals surface area contributed by atoms with Gasteiger partial charge >= 0.3 is 6.09 Å². The molecule has 0 bridgehead atoms. The van der Waals surface area contributed by atoms with Gasteiger partial charge in [-0.3, -0.25) is 5.32 Å². The van der Waals surface area contributed by atoms with Crippen LogP contribution in [0.2, 0.25) is 0 Å². The number of carbonyl (C=O) groups excluding carboxylic acids is 1. The summed E-state index contributed by atoms with van der Waals surface area (Å²) in [6.07, 6.45) is -0.488. The Kier molecular flexibility index (Phi) is 5.04. The highest BCUT2D eigenvalue weighted by Crippen LogP contribution is 2.24. The molecular weight excluding hydrogens is 278 g/mol. The topological polar surface area (TPSA) is 47.6 Å². The first-order valence-electron chi connectivity index (χ1n) is 7.14. The molecule has 2 rings (SSSR count). The number of nitrogens with one attached hydrogen (secondary N) is 1. The molecule has 0 aliphatic rings. The highest BCUT2D eigenvalue weighted by atomic mass is 16.5. The van der Waals surface area contributed by atoms with Crippen LogP contribution in [0.3, 0.4) is 0 Å². The molecule has 4 heteroatoms. The third kappa shape index (κ3) is 3.79. The highest BCUT2D eigenvalue weighted by molar-refractivity contribution is 5.85. The van der Waals surface area contributed by atoms with E-state index >= 15 is 0 Å². The quantitative estimate of drug-likeness (QED) is 0.912. The summed E-state index contributed by atoms with van der Waals surface area (Å²) in [4.78, 5) is 11.4. The molecule has 0 aliphatic carbocycles. The lowest BCUT2D eigenvalue weighted by Crippen LogP contribution is -2.14. The number of aryl methyl sites for hydroxylation is 3. The maximum absolute atomic E-state index is 11.4. The van der Waals surface area contributed by atoms with Gasteiger partial charge in [0.05, 0.1) is 12.8 Å². The minimum atomic E-state index is -0.488. The van der Waals surface area contributed by atoms with E-state index in [2.05, 4.69) is 23.0 Å². The van der Waals surface area contributed by atoms with E-state index in [1.807, 2.05) is 44.2 Å². The van der Waals surface area contributed by atoms with E-state index in [1.54, 1.807) is 0 Å². The summed E-state index contributed by atoms with van der Waals surface area (Å²) >= 11 is 0. The monoisotopic (exact) mass is 299 g/mol. The van der Waals surface area contributed by atoms with Crippen molar-refractivity contribution in [1.82, 2.24) is 0 Å². The number of hydrogen-bond donors (Lipinski definition) is 1. The summed E-state index contributed by atoms with van der Waals surface area (Å²) in [6.45, 7) is 6.45. The normalized spacial score (nSPS) is 10.2. The number of amides is 1. The lowest BCUT2D eigenvalue weighted by molar-refractivity contribution is 0.187. The van der Waals surface area contributed by atoms with Crippen molar-refractivity contribution < 1.29 is 14.3 Å². The Hall–Kier alpha value is -2.49. The van der Waals surface area contributed by atoms with E-state index < -0.39 is 6.09 Å². The molecule has 0 saturated carbocycles. The largest absolute Gasteiger partial charge is 0.489 e. The molecule has 1 amide bonds. The summed E-state index contributed by atoms with van der Waals surface area (Å²) in [5, 5.41) is 2.72. The number of ether oxygens (including phenoxy) is 2. The molecule has 2 aromatic carbocycles. The minimum absolute atomic E-state index is 0.385. The average molecular weight is 299 g/mol. The molecule has 0 radical (unpaired) electrons. The van der Waals surface area contributed by atoms with Crippen LogP contribution in [0.25, 0.3) is 0 Å². The molecule has 4 nitrogen and oxygen atoms in total. The van der Waals surface area contributed by atoms with Gasteiger partial charge in [0, 0.05) is 5.56 Å². The van der Waals surface area contributed by atoms with E-state index in [0.29, 0.717) is 12.3 Å². The van der Waals surface area contributed by atoms with Crippen molar-refractivity contribution in [2.45, 2.75) is 27.4 Å². The van der Waals surface area contributed by atoms with Crippen LogP contribution >= 0.6 is 0 Å². The van der Waals surface area contributed by atoms with Crippen molar-refractivity contribution >= 4 is 11.8 Å². The van der Waals surface area contributed by atoms with E-state index in [-0.39, 0.29) is 0 Å². The predicted octanol–water partition coefficient (Wildman–Crippen LogP) is 4.37. The highest BCUT2D eigenvalue weighted by Gasteiger charge is 2.10. The molecule has 116 valence electrons. The maximum atomic E-state index is 11.4. The third-order valence-corrected chi connectivity index (χ3v) is 3.53. The average Bonchev–Trinajstić information content (AvgIpc) is 2.48. The Morgan fingerprint density at radius 2 is 1.86 bits per heavy atom. The number of rotatable bonds is 4. The Balaban J connectivity index is 2.19. The van der Waals surface area contributed by atoms with Crippen molar-refractivity contribution in [1.29, 1.82) is 0 Å². The van der Waals surface area contributed by atoms with Gasteiger partial charge in [-0.2, -0.15) is 0 Å². The van der Waals surface area contributed by atoms with E-state index in [0.717, 1.165) is 22.4 Å². The molecule has 0 unspecified atom stereocenters. The lowest BCUT2D eigenvalue weighted by atomic mass is 10.1. The molecule has 0 aromatic heterocycles. The van der Waals surface area contributed by atoms with Gasteiger partial charge < -0.3 is 9.47 Å². The van der Waals surface area contributed by atoms with Crippen molar-refractivity contribution in [3.8, 4) is 5.75 Å². The van der Waals surface area contributed by atoms with Crippen LogP contribution in [-0.2, 0) is 11.3 Å². The zero-order valence-electron chi connectivity index (χ0n) is 13.4. The molecule has 0 fully saturated rings.